The number of hydrogen-bond donors (Lipinski definition) is 0. The Morgan fingerprint density at radius 3 is 2.84 bits per heavy atom. The van der Waals surface area contributed by atoms with Crippen molar-refractivity contribution in [1.82, 2.24) is 5.01 Å². The van der Waals surface area contributed by atoms with Crippen molar-refractivity contribution in [1.29, 1.82) is 0 Å². The molecule has 1 aliphatic carbocycles. The molecule has 128 valence electrons. The molecule has 0 N–H and O–H groups in total. The van der Waals surface area contributed by atoms with Gasteiger partial charge < -0.3 is 4.74 Å². The molecule has 0 radical (unpaired) electrons. The molecule has 1 heterocycles. The van der Waals surface area contributed by atoms with Gasteiger partial charge in [-0.1, -0.05) is 12.1 Å². The zero-order chi connectivity index (χ0) is 17.6. The molecule has 4 rings (SSSR count). The topological polar surface area (TPSA) is 41.9 Å². The zero-order valence-electron chi connectivity index (χ0n) is 14.2. The Morgan fingerprint density at radius 2 is 2.12 bits per heavy atom. The van der Waals surface area contributed by atoms with E-state index in [2.05, 4.69) is 5.10 Å². The fraction of sp³-hybridized carbons (Fsp3) is 0.300. The first-order valence-corrected chi connectivity index (χ1v) is 8.39. The summed E-state index contributed by atoms with van der Waals surface area (Å²) < 4.78 is 19.0. The fourth-order valence-electron chi connectivity index (χ4n) is 3.92. The first-order valence-electron chi connectivity index (χ1n) is 8.39. The molecular weight excluding hydrogens is 319 g/mol. The Kier molecular flexibility index (Phi) is 3.79. The van der Waals surface area contributed by atoms with E-state index in [1.165, 1.54) is 29.6 Å². The van der Waals surface area contributed by atoms with E-state index in [1.807, 2.05) is 24.3 Å². The average Bonchev–Trinajstić information content (AvgIpc) is 3.01. The molecule has 4 nitrogen and oxygen atoms in total. The third-order valence-corrected chi connectivity index (χ3v) is 5.04. The molecule has 2 aromatic carbocycles. The summed E-state index contributed by atoms with van der Waals surface area (Å²) >= 11 is 0. The van der Waals surface area contributed by atoms with Crippen molar-refractivity contribution in [3.63, 3.8) is 0 Å². The molecule has 0 unspecified atom stereocenters. The van der Waals surface area contributed by atoms with Crippen LogP contribution in [0.5, 0.6) is 5.75 Å². The van der Waals surface area contributed by atoms with Crippen LogP contribution in [-0.2, 0) is 11.2 Å². The number of nitrogens with zero attached hydrogens (tertiary/aromatic N) is 2. The Balaban J connectivity index is 1.79. The quantitative estimate of drug-likeness (QED) is 0.838. The van der Waals surface area contributed by atoms with Crippen molar-refractivity contribution >= 4 is 11.6 Å². The van der Waals surface area contributed by atoms with Crippen LogP contribution in [0.15, 0.2) is 47.6 Å². The molecule has 0 saturated heterocycles. The summed E-state index contributed by atoms with van der Waals surface area (Å²) in [6.45, 7) is 1.50. The monoisotopic (exact) mass is 338 g/mol. The molecular formula is C20H19FN2O2. The number of aryl methyl sites for hydroxylation is 1. The minimum absolute atomic E-state index is 0.0756. The number of rotatable bonds is 2. The first kappa shape index (κ1) is 15.8. The number of benzene rings is 2. The van der Waals surface area contributed by atoms with Gasteiger partial charge in [-0.05, 0) is 54.3 Å². The predicted octanol–water partition coefficient (Wildman–Crippen LogP) is 3.70. The summed E-state index contributed by atoms with van der Waals surface area (Å²) in [5.74, 6) is 0.467. The van der Waals surface area contributed by atoms with Gasteiger partial charge >= 0.3 is 0 Å². The summed E-state index contributed by atoms with van der Waals surface area (Å²) in [5.41, 5.74) is 3.93. The van der Waals surface area contributed by atoms with Gasteiger partial charge in [0.2, 0.25) is 5.91 Å². The van der Waals surface area contributed by atoms with E-state index in [4.69, 9.17) is 4.74 Å². The van der Waals surface area contributed by atoms with Crippen LogP contribution in [0.4, 0.5) is 4.39 Å². The van der Waals surface area contributed by atoms with Gasteiger partial charge in [0.05, 0.1) is 18.9 Å². The maximum absolute atomic E-state index is 13.7. The summed E-state index contributed by atoms with van der Waals surface area (Å²) in [7, 11) is 1.65. The van der Waals surface area contributed by atoms with Gasteiger partial charge in [0, 0.05) is 18.4 Å². The normalized spacial score (nSPS) is 21.4. The van der Waals surface area contributed by atoms with Gasteiger partial charge in [0.25, 0.3) is 0 Å². The standard InChI is InChI=1S/C20H19FN2O2/c1-12(24)23-20(14-4-3-5-15(21)10-14)18-8-6-13-11-16(25-2)7-9-17(13)19(18)22-23/h3-5,7,9-11,18,20H,6,8H2,1-2H3/t18-,20+/m1/s1. The first-order chi connectivity index (χ1) is 12.1. The molecule has 0 bridgehead atoms. The highest BCUT2D eigenvalue weighted by Gasteiger charge is 2.43. The fourth-order valence-corrected chi connectivity index (χ4v) is 3.92. The van der Waals surface area contributed by atoms with E-state index in [0.29, 0.717) is 0 Å². The van der Waals surface area contributed by atoms with E-state index in [0.717, 1.165) is 35.4 Å². The number of hydrogen-bond acceptors (Lipinski definition) is 3. The SMILES string of the molecule is COc1ccc2c(c1)CC[C@@H]1C2=NN(C(C)=O)[C@H]1c1cccc(F)c1. The molecule has 2 aliphatic rings. The number of hydrazone groups is 1. The molecule has 2 atom stereocenters. The van der Waals surface area contributed by atoms with E-state index >= 15 is 0 Å². The smallest absolute Gasteiger partial charge is 0.240 e. The van der Waals surface area contributed by atoms with Crippen molar-refractivity contribution in [2.75, 3.05) is 7.11 Å². The van der Waals surface area contributed by atoms with Gasteiger partial charge in [-0.2, -0.15) is 5.10 Å². The number of amides is 1. The van der Waals surface area contributed by atoms with Crippen molar-refractivity contribution in [3.8, 4) is 5.75 Å². The number of methoxy groups -OCH3 is 1. The van der Waals surface area contributed by atoms with E-state index in [1.54, 1.807) is 13.2 Å². The minimum Gasteiger partial charge on any atom is -0.497 e. The lowest BCUT2D eigenvalue weighted by atomic mass is 9.77. The van der Waals surface area contributed by atoms with Crippen LogP contribution in [0.2, 0.25) is 0 Å². The highest BCUT2D eigenvalue weighted by atomic mass is 19.1. The molecule has 0 aromatic heterocycles. The lowest BCUT2D eigenvalue weighted by Crippen LogP contribution is -2.31. The third-order valence-electron chi connectivity index (χ3n) is 5.04. The number of carbonyl (C=O) groups is 1. The van der Waals surface area contributed by atoms with Crippen LogP contribution in [0.25, 0.3) is 0 Å². The van der Waals surface area contributed by atoms with Crippen LogP contribution in [0.1, 0.15) is 36.1 Å². The summed E-state index contributed by atoms with van der Waals surface area (Å²) in [6.07, 6.45) is 1.75. The van der Waals surface area contributed by atoms with Crippen molar-refractivity contribution in [2.24, 2.45) is 11.0 Å². The number of carbonyl (C=O) groups excluding carboxylic acids is 1. The van der Waals surface area contributed by atoms with E-state index < -0.39 is 0 Å². The Labute approximate surface area is 145 Å². The molecule has 1 aliphatic heterocycles. The number of fused-ring (bicyclic) bond motifs is 3. The summed E-state index contributed by atoms with van der Waals surface area (Å²) in [6, 6.07) is 12.2. The predicted molar refractivity (Wildman–Crippen MR) is 93.0 cm³/mol. The molecule has 5 heteroatoms. The molecule has 0 saturated carbocycles. The van der Waals surface area contributed by atoms with Gasteiger partial charge in [-0.3, -0.25) is 4.79 Å². The molecule has 1 amide bonds. The largest absolute Gasteiger partial charge is 0.497 e. The second-order valence-electron chi connectivity index (χ2n) is 6.52. The second kappa shape index (κ2) is 5.99. The Hall–Kier alpha value is -2.69. The van der Waals surface area contributed by atoms with Crippen LogP contribution in [-0.4, -0.2) is 23.7 Å². The van der Waals surface area contributed by atoms with Crippen LogP contribution in [0.3, 0.4) is 0 Å². The van der Waals surface area contributed by atoms with Crippen LogP contribution >= 0.6 is 0 Å². The molecule has 2 aromatic rings. The highest BCUT2D eigenvalue weighted by Crippen LogP contribution is 2.43. The van der Waals surface area contributed by atoms with Gasteiger partial charge in [-0.25, -0.2) is 9.40 Å². The van der Waals surface area contributed by atoms with Gasteiger partial charge in [0.1, 0.15) is 11.6 Å². The Morgan fingerprint density at radius 1 is 1.28 bits per heavy atom. The van der Waals surface area contributed by atoms with Gasteiger partial charge in [-0.15, -0.1) is 0 Å². The second-order valence-corrected chi connectivity index (χ2v) is 6.52. The van der Waals surface area contributed by atoms with E-state index in [9.17, 15) is 9.18 Å². The van der Waals surface area contributed by atoms with Gasteiger partial charge in [0.15, 0.2) is 0 Å². The molecule has 0 spiro atoms. The average molecular weight is 338 g/mol. The lowest BCUT2D eigenvalue weighted by Gasteiger charge is -2.29. The maximum Gasteiger partial charge on any atom is 0.240 e. The number of ether oxygens (including phenoxy) is 1. The zero-order valence-corrected chi connectivity index (χ0v) is 14.2. The highest BCUT2D eigenvalue weighted by molar-refractivity contribution is 6.06. The third kappa shape index (κ3) is 2.60. The van der Waals surface area contributed by atoms with Crippen molar-refractivity contribution in [3.05, 3.63) is 65.0 Å². The Bertz CT molecular complexity index is 878. The molecule has 25 heavy (non-hydrogen) atoms. The molecule has 0 fully saturated rings. The van der Waals surface area contributed by atoms with E-state index in [-0.39, 0.29) is 23.7 Å². The van der Waals surface area contributed by atoms with Crippen LogP contribution in [0, 0.1) is 11.7 Å². The lowest BCUT2D eigenvalue weighted by molar-refractivity contribution is -0.131. The van der Waals surface area contributed by atoms with Crippen molar-refractivity contribution in [2.45, 2.75) is 25.8 Å². The maximum atomic E-state index is 13.7. The minimum atomic E-state index is -0.296. The summed E-state index contributed by atoms with van der Waals surface area (Å²) in [4.78, 5) is 12.2. The van der Waals surface area contributed by atoms with Crippen molar-refractivity contribution < 1.29 is 13.9 Å². The summed E-state index contributed by atoms with van der Waals surface area (Å²) in [5, 5.41) is 6.14. The van der Waals surface area contributed by atoms with Crippen LogP contribution < -0.4 is 4.74 Å². The number of halogens is 1.